The fourth-order valence-electron chi connectivity index (χ4n) is 3.80. The molecule has 1 aliphatic heterocycles. The molecule has 0 unspecified atom stereocenters. The van der Waals surface area contributed by atoms with E-state index in [-0.39, 0.29) is 11.1 Å². The second-order valence-corrected chi connectivity index (χ2v) is 9.31. The zero-order chi connectivity index (χ0) is 23.5. The van der Waals surface area contributed by atoms with Crippen LogP contribution in [-0.2, 0) is 9.59 Å². The van der Waals surface area contributed by atoms with Gasteiger partial charge < -0.3 is 9.84 Å². The van der Waals surface area contributed by atoms with Crippen LogP contribution < -0.4 is 10.1 Å². The second-order valence-electron chi connectivity index (χ2n) is 8.29. The first-order chi connectivity index (χ1) is 16.0. The van der Waals surface area contributed by atoms with E-state index in [1.165, 1.54) is 25.7 Å². The molecule has 2 aromatic carbocycles. The molecular weight excluding hydrogens is 438 g/mol. The van der Waals surface area contributed by atoms with Gasteiger partial charge in [-0.3, -0.25) is 19.7 Å². The van der Waals surface area contributed by atoms with Crippen LogP contribution in [-0.4, -0.2) is 28.8 Å². The maximum atomic E-state index is 11.7. The number of rotatable bonds is 14. The van der Waals surface area contributed by atoms with E-state index in [0.717, 1.165) is 66.0 Å². The minimum Gasteiger partial charge on any atom is -0.494 e. The van der Waals surface area contributed by atoms with Crippen LogP contribution >= 0.6 is 11.8 Å². The lowest BCUT2D eigenvalue weighted by Crippen LogP contribution is -2.17. The van der Waals surface area contributed by atoms with E-state index in [0.29, 0.717) is 17.9 Å². The molecule has 1 aliphatic rings. The lowest BCUT2D eigenvalue weighted by Gasteiger charge is -2.08. The number of fused-ring (bicyclic) bond motifs is 1. The van der Waals surface area contributed by atoms with E-state index in [9.17, 15) is 14.4 Å². The van der Waals surface area contributed by atoms with Gasteiger partial charge >= 0.3 is 5.97 Å². The predicted octanol–water partition coefficient (Wildman–Crippen LogP) is 6.53. The van der Waals surface area contributed by atoms with E-state index < -0.39 is 5.97 Å². The number of carboxylic acid groups (broad SMARTS) is 1. The van der Waals surface area contributed by atoms with Gasteiger partial charge in [0.2, 0.25) is 0 Å². The van der Waals surface area contributed by atoms with E-state index in [2.05, 4.69) is 5.32 Å². The SMILES string of the molecule is O=C(O)CCCCCCCCCCCOc1ccc2cc(/C=C3\SC(=O)NC3=O)ccc2c1. The van der Waals surface area contributed by atoms with Crippen molar-refractivity contribution in [2.75, 3.05) is 6.61 Å². The van der Waals surface area contributed by atoms with E-state index >= 15 is 0 Å². The van der Waals surface area contributed by atoms with Crippen LogP contribution in [0.25, 0.3) is 16.8 Å². The molecule has 1 heterocycles. The van der Waals surface area contributed by atoms with Crippen molar-refractivity contribution < 1.29 is 24.2 Å². The largest absolute Gasteiger partial charge is 0.494 e. The first-order valence-electron chi connectivity index (χ1n) is 11.6. The molecule has 0 bridgehead atoms. The third-order valence-electron chi connectivity index (χ3n) is 5.58. The van der Waals surface area contributed by atoms with Gasteiger partial charge in [-0.15, -0.1) is 0 Å². The van der Waals surface area contributed by atoms with Crippen molar-refractivity contribution in [3.05, 3.63) is 46.9 Å². The number of nitrogens with one attached hydrogen (secondary N) is 1. The van der Waals surface area contributed by atoms with E-state index in [1.807, 2.05) is 36.4 Å². The van der Waals surface area contributed by atoms with Gasteiger partial charge in [-0.1, -0.05) is 63.1 Å². The highest BCUT2D eigenvalue weighted by molar-refractivity contribution is 8.18. The smallest absolute Gasteiger partial charge is 0.303 e. The zero-order valence-electron chi connectivity index (χ0n) is 18.8. The molecule has 0 radical (unpaired) electrons. The summed E-state index contributed by atoms with van der Waals surface area (Å²) in [5, 5.41) is 12.7. The van der Waals surface area contributed by atoms with Crippen LogP contribution in [0.5, 0.6) is 5.75 Å². The fourth-order valence-corrected chi connectivity index (χ4v) is 4.48. The third-order valence-corrected chi connectivity index (χ3v) is 6.39. The summed E-state index contributed by atoms with van der Waals surface area (Å²) in [7, 11) is 0. The lowest BCUT2D eigenvalue weighted by molar-refractivity contribution is -0.137. The van der Waals surface area contributed by atoms with Crippen molar-refractivity contribution in [1.29, 1.82) is 0 Å². The van der Waals surface area contributed by atoms with Crippen LogP contribution in [0.15, 0.2) is 41.3 Å². The van der Waals surface area contributed by atoms with Gasteiger partial charge in [0.25, 0.3) is 11.1 Å². The Labute approximate surface area is 198 Å². The van der Waals surface area contributed by atoms with Gasteiger partial charge in [0.05, 0.1) is 11.5 Å². The normalized spacial score (nSPS) is 14.7. The lowest BCUT2D eigenvalue weighted by atomic mass is 10.1. The molecule has 2 aromatic rings. The highest BCUT2D eigenvalue weighted by Crippen LogP contribution is 2.28. The van der Waals surface area contributed by atoms with Crippen molar-refractivity contribution in [3.8, 4) is 5.75 Å². The number of unbranched alkanes of at least 4 members (excludes halogenated alkanes) is 8. The topological polar surface area (TPSA) is 92.7 Å². The fraction of sp³-hybridized carbons (Fsp3) is 0.423. The number of benzene rings is 2. The van der Waals surface area contributed by atoms with Gasteiger partial charge in [0.1, 0.15) is 5.75 Å². The first kappa shape index (κ1) is 24.8. The number of amides is 2. The quantitative estimate of drug-likeness (QED) is 0.241. The highest BCUT2D eigenvalue weighted by Gasteiger charge is 2.24. The molecule has 0 spiro atoms. The molecule has 0 aromatic heterocycles. The average Bonchev–Trinajstić information content (AvgIpc) is 3.10. The van der Waals surface area contributed by atoms with Crippen LogP contribution in [0, 0.1) is 0 Å². The average molecular weight is 470 g/mol. The molecule has 2 amide bonds. The molecule has 1 fully saturated rings. The monoisotopic (exact) mass is 469 g/mol. The molecule has 0 saturated carbocycles. The summed E-state index contributed by atoms with van der Waals surface area (Å²) in [5.41, 5.74) is 0.878. The number of carbonyl (C=O) groups excluding carboxylic acids is 2. The Morgan fingerprint density at radius 2 is 1.52 bits per heavy atom. The van der Waals surface area contributed by atoms with Crippen LogP contribution in [0.1, 0.15) is 69.8 Å². The minimum absolute atomic E-state index is 0.291. The Morgan fingerprint density at radius 1 is 0.879 bits per heavy atom. The number of aliphatic carboxylic acids is 1. The number of hydrogen-bond acceptors (Lipinski definition) is 5. The van der Waals surface area contributed by atoms with Gasteiger partial charge in [-0.2, -0.15) is 0 Å². The number of ether oxygens (including phenoxy) is 1. The summed E-state index contributed by atoms with van der Waals surface area (Å²) in [6, 6.07) is 11.9. The summed E-state index contributed by atoms with van der Waals surface area (Å²) in [5.74, 6) is -0.189. The van der Waals surface area contributed by atoms with Crippen molar-refractivity contribution in [2.45, 2.75) is 64.2 Å². The summed E-state index contributed by atoms with van der Waals surface area (Å²) < 4.78 is 5.92. The zero-order valence-corrected chi connectivity index (χ0v) is 19.6. The number of carboxylic acids is 1. The Kier molecular flexibility index (Phi) is 9.81. The Bertz CT molecular complexity index is 1020. The van der Waals surface area contributed by atoms with Gasteiger partial charge in [-0.05, 0) is 65.2 Å². The third kappa shape index (κ3) is 8.57. The standard InChI is InChI=1S/C26H31NO5S/c28-24(29)10-8-6-4-2-1-3-5-7-9-15-32-22-14-13-20-16-19(11-12-21(20)18-22)17-23-25(30)27-26(31)33-23/h11-14,16-18H,1-10,15H2,(H,28,29)(H,27,30,31)/b23-17-. The molecule has 2 N–H and O–H groups in total. The van der Waals surface area contributed by atoms with Crippen LogP contribution in [0.4, 0.5) is 4.79 Å². The summed E-state index contributed by atoms with van der Waals surface area (Å²) in [6.45, 7) is 0.700. The second kappa shape index (κ2) is 13.0. The summed E-state index contributed by atoms with van der Waals surface area (Å²) in [4.78, 5) is 33.9. The van der Waals surface area contributed by atoms with Gasteiger partial charge in [0.15, 0.2) is 0 Å². The summed E-state index contributed by atoms with van der Waals surface area (Å²) >= 11 is 0.922. The number of hydrogen-bond donors (Lipinski definition) is 2. The molecule has 0 aliphatic carbocycles. The first-order valence-corrected chi connectivity index (χ1v) is 12.5. The molecule has 176 valence electrons. The maximum absolute atomic E-state index is 11.7. The number of imide groups is 1. The van der Waals surface area contributed by atoms with Crippen molar-refractivity contribution in [1.82, 2.24) is 5.32 Å². The molecule has 0 atom stereocenters. The molecule has 33 heavy (non-hydrogen) atoms. The molecule has 3 rings (SSSR count). The van der Waals surface area contributed by atoms with Crippen LogP contribution in [0.2, 0.25) is 0 Å². The molecule has 1 saturated heterocycles. The van der Waals surface area contributed by atoms with Crippen LogP contribution in [0.3, 0.4) is 0 Å². The molecule has 6 nitrogen and oxygen atoms in total. The molecular formula is C26H31NO5S. The maximum Gasteiger partial charge on any atom is 0.303 e. The number of carbonyl (C=O) groups is 3. The Morgan fingerprint density at radius 3 is 2.18 bits per heavy atom. The van der Waals surface area contributed by atoms with Crippen molar-refractivity contribution >= 4 is 45.7 Å². The van der Waals surface area contributed by atoms with E-state index in [1.54, 1.807) is 6.08 Å². The van der Waals surface area contributed by atoms with Crippen molar-refractivity contribution in [3.63, 3.8) is 0 Å². The predicted molar refractivity (Wildman–Crippen MR) is 132 cm³/mol. The van der Waals surface area contributed by atoms with Gasteiger partial charge in [-0.25, -0.2) is 0 Å². The van der Waals surface area contributed by atoms with Gasteiger partial charge in [0, 0.05) is 6.42 Å². The summed E-state index contributed by atoms with van der Waals surface area (Å²) in [6.07, 6.45) is 12.0. The highest BCUT2D eigenvalue weighted by atomic mass is 32.2. The number of thioether (sulfide) groups is 1. The Hall–Kier alpha value is -2.80. The Balaban J connectivity index is 1.33. The van der Waals surface area contributed by atoms with E-state index in [4.69, 9.17) is 9.84 Å². The van der Waals surface area contributed by atoms with Crippen molar-refractivity contribution in [2.24, 2.45) is 0 Å². The molecule has 7 heteroatoms. The minimum atomic E-state index is -0.696.